The van der Waals surface area contributed by atoms with E-state index in [9.17, 15) is 0 Å². The molecule has 0 aromatic carbocycles. The number of allylic oxidation sites excluding steroid dienone is 2. The summed E-state index contributed by atoms with van der Waals surface area (Å²) in [6.07, 6.45) is 0. The normalized spacial score (nSPS) is 16.9. The molecule has 10 heavy (non-hydrogen) atoms. The Balaban J connectivity index is 2.69. The maximum atomic E-state index is 5.28. The van der Waals surface area contributed by atoms with Gasteiger partial charge in [-0.25, -0.2) is 0 Å². The van der Waals surface area contributed by atoms with E-state index >= 15 is 0 Å². The highest BCUT2D eigenvalue weighted by atomic mass is 16.5. The first-order chi connectivity index (χ1) is 4.75. The molecule has 1 radical (unpaired) electrons. The molecule has 3 nitrogen and oxygen atoms in total. The molecule has 0 bridgehead atoms. The predicted molar refractivity (Wildman–Crippen MR) is 39.6 cm³/mol. The van der Waals surface area contributed by atoms with Gasteiger partial charge in [-0.3, -0.25) is 0 Å². The van der Waals surface area contributed by atoms with E-state index in [2.05, 4.69) is 10.5 Å². The van der Waals surface area contributed by atoms with Crippen molar-refractivity contribution in [2.24, 2.45) is 5.10 Å². The van der Waals surface area contributed by atoms with Gasteiger partial charge < -0.3 is 4.74 Å². The van der Waals surface area contributed by atoms with Gasteiger partial charge in [-0.1, -0.05) is 0 Å². The van der Waals surface area contributed by atoms with Gasteiger partial charge in [-0.2, -0.15) is 10.5 Å². The van der Waals surface area contributed by atoms with Crippen LogP contribution in [0.1, 0.15) is 20.8 Å². The van der Waals surface area contributed by atoms with E-state index in [1.54, 1.807) is 0 Å². The highest BCUT2D eigenvalue weighted by Crippen LogP contribution is 2.12. The topological polar surface area (TPSA) is 35.7 Å². The Kier molecular flexibility index (Phi) is 1.94. The van der Waals surface area contributed by atoms with E-state index in [-0.39, 0.29) is 0 Å². The summed E-state index contributed by atoms with van der Waals surface area (Å²) in [4.78, 5) is 0. The van der Waals surface area contributed by atoms with Crippen LogP contribution < -0.4 is 5.43 Å². The van der Waals surface area contributed by atoms with Crippen molar-refractivity contribution in [1.82, 2.24) is 5.43 Å². The summed E-state index contributed by atoms with van der Waals surface area (Å²) in [5.41, 5.74) is 5.61. The Bertz CT molecular complexity index is 194. The average molecular weight is 139 g/mol. The third-order valence-corrected chi connectivity index (χ3v) is 1.30. The first kappa shape index (κ1) is 7.12. The minimum absolute atomic E-state index is 0.676. The van der Waals surface area contributed by atoms with Crippen molar-refractivity contribution in [3.8, 4) is 0 Å². The second-order valence-electron chi connectivity index (χ2n) is 2.13. The van der Waals surface area contributed by atoms with Gasteiger partial charge in [0, 0.05) is 0 Å². The molecule has 0 aliphatic carbocycles. The zero-order valence-corrected chi connectivity index (χ0v) is 6.51. The molecule has 0 fully saturated rings. The zero-order chi connectivity index (χ0) is 7.56. The van der Waals surface area contributed by atoms with Crippen LogP contribution in [0.3, 0.4) is 0 Å². The van der Waals surface area contributed by atoms with E-state index in [0.29, 0.717) is 6.61 Å². The number of hydrogen-bond donors (Lipinski definition) is 0. The van der Waals surface area contributed by atoms with Crippen molar-refractivity contribution in [2.75, 3.05) is 6.61 Å². The third kappa shape index (κ3) is 1.12. The van der Waals surface area contributed by atoms with Crippen molar-refractivity contribution in [3.05, 3.63) is 11.5 Å². The Morgan fingerprint density at radius 3 is 2.50 bits per heavy atom. The molecule has 0 spiro atoms. The summed E-state index contributed by atoms with van der Waals surface area (Å²) in [7, 11) is 0. The van der Waals surface area contributed by atoms with Crippen molar-refractivity contribution in [3.63, 3.8) is 0 Å². The van der Waals surface area contributed by atoms with Crippen LogP contribution in [0, 0.1) is 0 Å². The summed E-state index contributed by atoms with van der Waals surface area (Å²) in [5, 5.41) is 3.86. The van der Waals surface area contributed by atoms with Crippen LogP contribution in [0.4, 0.5) is 0 Å². The van der Waals surface area contributed by atoms with Crippen molar-refractivity contribution in [1.29, 1.82) is 0 Å². The second kappa shape index (κ2) is 2.73. The molecule has 0 aromatic rings. The summed E-state index contributed by atoms with van der Waals surface area (Å²) in [6, 6.07) is 0. The van der Waals surface area contributed by atoms with Crippen molar-refractivity contribution < 1.29 is 4.74 Å². The molecule has 1 aliphatic rings. The van der Waals surface area contributed by atoms with Gasteiger partial charge in [0.05, 0.1) is 6.61 Å². The SMILES string of the molecule is CCOC1=C(C)[N]N=C1C. The monoisotopic (exact) mass is 139 g/mol. The van der Waals surface area contributed by atoms with Crippen LogP contribution >= 0.6 is 0 Å². The summed E-state index contributed by atoms with van der Waals surface area (Å²) < 4.78 is 5.28. The number of nitrogens with zero attached hydrogens (tertiary/aromatic N) is 2. The molecule has 0 atom stereocenters. The van der Waals surface area contributed by atoms with E-state index < -0.39 is 0 Å². The fourth-order valence-electron chi connectivity index (χ4n) is 0.856. The van der Waals surface area contributed by atoms with Gasteiger partial charge in [-0.05, 0) is 20.8 Å². The Labute approximate surface area is 60.8 Å². The Morgan fingerprint density at radius 1 is 1.40 bits per heavy atom. The molecule has 3 heteroatoms. The minimum Gasteiger partial charge on any atom is -0.490 e. The molecular weight excluding hydrogens is 128 g/mol. The van der Waals surface area contributed by atoms with Crippen molar-refractivity contribution in [2.45, 2.75) is 20.8 Å². The minimum atomic E-state index is 0.676. The van der Waals surface area contributed by atoms with Gasteiger partial charge in [0.1, 0.15) is 11.4 Å². The third-order valence-electron chi connectivity index (χ3n) is 1.30. The van der Waals surface area contributed by atoms with Crippen LogP contribution in [0.25, 0.3) is 0 Å². The van der Waals surface area contributed by atoms with Crippen LogP contribution in [0.15, 0.2) is 16.6 Å². The lowest BCUT2D eigenvalue weighted by Gasteiger charge is -2.02. The second-order valence-corrected chi connectivity index (χ2v) is 2.13. The molecule has 1 aliphatic heterocycles. The lowest BCUT2D eigenvalue weighted by Crippen LogP contribution is -2.00. The van der Waals surface area contributed by atoms with Crippen molar-refractivity contribution >= 4 is 5.71 Å². The average Bonchev–Trinajstić information content (AvgIpc) is 2.20. The van der Waals surface area contributed by atoms with Crippen LogP contribution in [0.2, 0.25) is 0 Å². The maximum absolute atomic E-state index is 5.28. The van der Waals surface area contributed by atoms with Crippen LogP contribution in [-0.2, 0) is 4.74 Å². The molecule has 0 saturated carbocycles. The maximum Gasteiger partial charge on any atom is 0.165 e. The lowest BCUT2D eigenvalue weighted by molar-refractivity contribution is 0.246. The Morgan fingerprint density at radius 2 is 2.10 bits per heavy atom. The van der Waals surface area contributed by atoms with Gasteiger partial charge in [0.25, 0.3) is 0 Å². The summed E-state index contributed by atoms with van der Waals surface area (Å²) in [5.74, 6) is 0.836. The molecule has 0 unspecified atom stereocenters. The first-order valence-corrected chi connectivity index (χ1v) is 3.35. The molecule has 55 valence electrons. The standard InChI is InChI=1S/C7H11N2O/c1-4-10-7-5(2)8-9-6(7)3/h4H2,1-3H3. The van der Waals surface area contributed by atoms with E-state index in [0.717, 1.165) is 17.2 Å². The van der Waals surface area contributed by atoms with Gasteiger partial charge in [0.2, 0.25) is 0 Å². The molecule has 1 heterocycles. The van der Waals surface area contributed by atoms with Gasteiger partial charge in [0.15, 0.2) is 5.76 Å². The predicted octanol–water partition coefficient (Wildman–Crippen LogP) is 1.25. The molecule has 1 rings (SSSR count). The quantitative estimate of drug-likeness (QED) is 0.567. The fourth-order valence-corrected chi connectivity index (χ4v) is 0.856. The molecular formula is C7H11N2O. The lowest BCUT2D eigenvalue weighted by atomic mass is 10.3. The van der Waals surface area contributed by atoms with Crippen LogP contribution in [-0.4, -0.2) is 12.3 Å². The highest BCUT2D eigenvalue weighted by molar-refractivity contribution is 5.98. The van der Waals surface area contributed by atoms with Crippen LogP contribution in [0.5, 0.6) is 0 Å². The fraction of sp³-hybridized carbons (Fsp3) is 0.571. The van der Waals surface area contributed by atoms with Gasteiger partial charge in [-0.15, -0.1) is 0 Å². The Hall–Kier alpha value is -0.990. The molecule has 0 N–H and O–H groups in total. The van der Waals surface area contributed by atoms with E-state index in [1.165, 1.54) is 0 Å². The van der Waals surface area contributed by atoms with E-state index in [1.807, 2.05) is 20.8 Å². The van der Waals surface area contributed by atoms with E-state index in [4.69, 9.17) is 4.74 Å². The number of rotatable bonds is 2. The number of ether oxygens (including phenoxy) is 1. The zero-order valence-electron chi connectivity index (χ0n) is 6.51. The summed E-state index contributed by atoms with van der Waals surface area (Å²) in [6.45, 7) is 6.41. The first-order valence-electron chi connectivity index (χ1n) is 3.35. The largest absolute Gasteiger partial charge is 0.490 e. The molecule has 0 saturated heterocycles. The smallest absolute Gasteiger partial charge is 0.165 e. The molecule has 0 aromatic heterocycles. The molecule has 0 amide bonds. The number of hydrogen-bond acceptors (Lipinski definition) is 2. The highest BCUT2D eigenvalue weighted by Gasteiger charge is 2.14. The summed E-state index contributed by atoms with van der Waals surface area (Å²) >= 11 is 0. The van der Waals surface area contributed by atoms with Gasteiger partial charge >= 0.3 is 0 Å².